The van der Waals surface area contributed by atoms with Crippen LogP contribution >= 0.6 is 0 Å². The van der Waals surface area contributed by atoms with Crippen LogP contribution < -0.4 is 11.1 Å². The van der Waals surface area contributed by atoms with Crippen LogP contribution in [0.3, 0.4) is 0 Å². The standard InChI is InChI=1S/C31H36FN9/c1-38-13-15-40(16-14-38)23-8-10-24(11-9-23)41-18-25(28-29(33)34-19-35-30(28)41)20-3-6-22(7-4-20)36-31-37-26-17-21(32)5-12-27(26)39(31)2/h3-7,12,17-19,23-24H,8-11,13-16H2,1-2H3,(H,36,37)(H2,33,34,35). The maximum Gasteiger partial charge on any atom is 0.208 e. The summed E-state index contributed by atoms with van der Waals surface area (Å²) in [4.78, 5) is 18.7. The molecule has 41 heavy (non-hydrogen) atoms. The second-order valence-electron chi connectivity index (χ2n) is 11.5. The van der Waals surface area contributed by atoms with Crippen molar-refractivity contribution in [2.75, 3.05) is 44.3 Å². The monoisotopic (exact) mass is 553 g/mol. The first-order valence-electron chi connectivity index (χ1n) is 14.5. The Balaban J connectivity index is 1.13. The molecule has 0 unspecified atom stereocenters. The van der Waals surface area contributed by atoms with Crippen molar-refractivity contribution in [2.24, 2.45) is 7.05 Å². The molecule has 5 aromatic rings. The van der Waals surface area contributed by atoms with Crippen LogP contribution in [0.15, 0.2) is 55.0 Å². The number of nitrogens with one attached hydrogen (secondary N) is 1. The predicted molar refractivity (Wildman–Crippen MR) is 162 cm³/mol. The zero-order chi connectivity index (χ0) is 28.1. The summed E-state index contributed by atoms with van der Waals surface area (Å²) in [6.45, 7) is 4.67. The number of likely N-dealkylation sites (N-methyl/N-ethyl adjacent to an activating group) is 1. The van der Waals surface area contributed by atoms with Gasteiger partial charge in [0.2, 0.25) is 5.95 Å². The molecule has 1 saturated carbocycles. The van der Waals surface area contributed by atoms with Gasteiger partial charge in [0.05, 0.1) is 16.4 Å². The molecule has 0 spiro atoms. The fraction of sp³-hybridized carbons (Fsp3) is 0.387. The third-order valence-electron chi connectivity index (χ3n) is 9.05. The number of rotatable bonds is 5. The summed E-state index contributed by atoms with van der Waals surface area (Å²) in [5.74, 6) is 0.862. The van der Waals surface area contributed by atoms with Crippen molar-refractivity contribution < 1.29 is 4.39 Å². The maximum atomic E-state index is 13.7. The van der Waals surface area contributed by atoms with Crippen LogP contribution in [-0.4, -0.2) is 73.2 Å². The third-order valence-corrected chi connectivity index (χ3v) is 9.05. The van der Waals surface area contributed by atoms with E-state index < -0.39 is 0 Å². The summed E-state index contributed by atoms with van der Waals surface area (Å²) < 4.78 is 17.9. The number of nitrogens with two attached hydrogens (primary N) is 1. The number of piperazine rings is 1. The Bertz CT molecular complexity index is 1690. The molecule has 10 heteroatoms. The van der Waals surface area contributed by atoms with Gasteiger partial charge in [-0.1, -0.05) is 12.1 Å². The summed E-state index contributed by atoms with van der Waals surface area (Å²) in [6, 6.07) is 13.9. The number of halogens is 1. The molecule has 3 N–H and O–H groups in total. The topological polar surface area (TPSA) is 93.1 Å². The Morgan fingerprint density at radius 3 is 2.39 bits per heavy atom. The van der Waals surface area contributed by atoms with Crippen molar-refractivity contribution in [1.29, 1.82) is 0 Å². The first-order valence-corrected chi connectivity index (χ1v) is 14.5. The van der Waals surface area contributed by atoms with E-state index in [4.69, 9.17) is 10.7 Å². The Labute approximate surface area is 238 Å². The van der Waals surface area contributed by atoms with Gasteiger partial charge in [-0.05, 0) is 62.6 Å². The smallest absolute Gasteiger partial charge is 0.208 e. The Morgan fingerprint density at radius 2 is 1.63 bits per heavy atom. The number of benzene rings is 2. The molecule has 2 aliphatic rings. The Hall–Kier alpha value is -4.02. The molecule has 0 radical (unpaired) electrons. The quantitative estimate of drug-likeness (QED) is 0.310. The average Bonchev–Trinajstić information content (AvgIpc) is 3.52. The number of aromatic nitrogens is 5. The van der Waals surface area contributed by atoms with Gasteiger partial charge in [0.1, 0.15) is 23.6 Å². The van der Waals surface area contributed by atoms with Crippen molar-refractivity contribution >= 4 is 39.5 Å². The molecular weight excluding hydrogens is 517 g/mol. The van der Waals surface area contributed by atoms with Gasteiger partial charge < -0.3 is 25.1 Å². The summed E-state index contributed by atoms with van der Waals surface area (Å²) in [6.07, 6.45) is 8.48. The van der Waals surface area contributed by atoms with E-state index in [0.29, 0.717) is 29.4 Å². The minimum absolute atomic E-state index is 0.294. The molecule has 0 amide bonds. The van der Waals surface area contributed by atoms with Crippen LogP contribution in [0.1, 0.15) is 31.7 Å². The number of nitrogen functional groups attached to an aromatic ring is 1. The highest BCUT2D eigenvalue weighted by atomic mass is 19.1. The number of imidazole rings is 1. The number of hydrogen-bond donors (Lipinski definition) is 2. The van der Waals surface area contributed by atoms with E-state index in [0.717, 1.165) is 59.3 Å². The highest BCUT2D eigenvalue weighted by Crippen LogP contribution is 2.39. The number of nitrogens with zero attached hydrogens (tertiary/aromatic N) is 7. The molecule has 1 aliphatic carbocycles. The van der Waals surface area contributed by atoms with Crippen LogP contribution in [0.5, 0.6) is 0 Å². The van der Waals surface area contributed by atoms with E-state index >= 15 is 0 Å². The summed E-state index contributed by atoms with van der Waals surface area (Å²) >= 11 is 0. The van der Waals surface area contributed by atoms with Gasteiger partial charge in [-0.25, -0.2) is 19.3 Å². The highest BCUT2D eigenvalue weighted by molar-refractivity contribution is 6.00. The van der Waals surface area contributed by atoms with Gasteiger partial charge in [-0.3, -0.25) is 4.90 Å². The second kappa shape index (κ2) is 10.4. The first kappa shape index (κ1) is 25.9. The van der Waals surface area contributed by atoms with Crippen LogP contribution in [-0.2, 0) is 7.05 Å². The third kappa shape index (κ3) is 4.81. The van der Waals surface area contributed by atoms with Crippen LogP contribution in [0.4, 0.5) is 21.8 Å². The Morgan fingerprint density at radius 1 is 0.902 bits per heavy atom. The SMILES string of the molecule is CN1CCN(C2CCC(n3cc(-c4ccc(Nc5nc6cc(F)ccc6n5C)cc4)c4c(N)ncnc43)CC2)CC1. The molecular formula is C31H36FN9. The van der Waals surface area contributed by atoms with Gasteiger partial charge in [-0.15, -0.1) is 0 Å². The summed E-state index contributed by atoms with van der Waals surface area (Å²) in [5.41, 5.74) is 11.8. The largest absolute Gasteiger partial charge is 0.383 e. The van der Waals surface area contributed by atoms with Gasteiger partial charge >= 0.3 is 0 Å². The first-order chi connectivity index (χ1) is 19.9. The van der Waals surface area contributed by atoms with Gasteiger partial charge in [0.15, 0.2) is 0 Å². The molecule has 1 aliphatic heterocycles. The van der Waals surface area contributed by atoms with Crippen LogP contribution in [0.25, 0.3) is 33.2 Å². The molecule has 1 saturated heterocycles. The summed E-state index contributed by atoms with van der Waals surface area (Å²) in [5, 5.41) is 4.28. The number of anilines is 3. The fourth-order valence-corrected chi connectivity index (χ4v) is 6.64. The van der Waals surface area contributed by atoms with Crippen molar-refractivity contribution in [3.05, 3.63) is 60.8 Å². The van der Waals surface area contributed by atoms with E-state index in [2.05, 4.69) is 55.0 Å². The average molecular weight is 554 g/mol. The number of aryl methyl sites for hydroxylation is 1. The van der Waals surface area contributed by atoms with Crippen LogP contribution in [0, 0.1) is 5.82 Å². The lowest BCUT2D eigenvalue weighted by molar-refractivity contribution is 0.0828. The van der Waals surface area contributed by atoms with Gasteiger partial charge in [0, 0.05) is 68.8 Å². The molecule has 3 aromatic heterocycles. The zero-order valence-corrected chi connectivity index (χ0v) is 23.6. The van der Waals surface area contributed by atoms with Crippen molar-refractivity contribution in [3.8, 4) is 11.1 Å². The maximum absolute atomic E-state index is 13.7. The predicted octanol–water partition coefficient (Wildman–Crippen LogP) is 5.18. The molecule has 0 atom stereocenters. The molecule has 212 valence electrons. The van der Waals surface area contributed by atoms with E-state index in [1.165, 1.54) is 38.1 Å². The van der Waals surface area contributed by atoms with E-state index in [1.54, 1.807) is 12.4 Å². The lowest BCUT2D eigenvalue weighted by atomic mass is 9.89. The van der Waals surface area contributed by atoms with Crippen molar-refractivity contribution in [1.82, 2.24) is 33.9 Å². The minimum Gasteiger partial charge on any atom is -0.383 e. The highest BCUT2D eigenvalue weighted by Gasteiger charge is 2.30. The van der Waals surface area contributed by atoms with Crippen LogP contribution in [0.2, 0.25) is 0 Å². The van der Waals surface area contributed by atoms with E-state index in [-0.39, 0.29) is 5.82 Å². The fourth-order valence-electron chi connectivity index (χ4n) is 6.64. The molecule has 2 aromatic carbocycles. The van der Waals surface area contributed by atoms with Gasteiger partial charge in [-0.2, -0.15) is 0 Å². The van der Waals surface area contributed by atoms with Crippen molar-refractivity contribution in [3.63, 3.8) is 0 Å². The normalized spacial score (nSPS) is 20.7. The van der Waals surface area contributed by atoms with Crippen molar-refractivity contribution in [2.45, 2.75) is 37.8 Å². The molecule has 0 bridgehead atoms. The lowest BCUT2D eigenvalue weighted by Crippen LogP contribution is -2.49. The Kier molecular flexibility index (Phi) is 6.59. The number of hydrogen-bond acceptors (Lipinski definition) is 7. The summed E-state index contributed by atoms with van der Waals surface area (Å²) in [7, 11) is 4.13. The molecule has 9 nitrogen and oxygen atoms in total. The van der Waals surface area contributed by atoms with Gasteiger partial charge in [0.25, 0.3) is 0 Å². The zero-order valence-electron chi connectivity index (χ0n) is 23.6. The minimum atomic E-state index is -0.294. The number of fused-ring (bicyclic) bond motifs is 2. The van der Waals surface area contributed by atoms with E-state index in [1.807, 2.05) is 23.7 Å². The molecule has 4 heterocycles. The second-order valence-corrected chi connectivity index (χ2v) is 11.5. The van der Waals surface area contributed by atoms with E-state index in [9.17, 15) is 4.39 Å². The lowest BCUT2D eigenvalue weighted by Gasteiger charge is -2.41. The molecule has 2 fully saturated rings. The molecule has 7 rings (SSSR count).